The van der Waals surface area contributed by atoms with Gasteiger partial charge in [0.1, 0.15) is 27.2 Å². The molecule has 4 N–H and O–H groups in total. The average Bonchev–Trinajstić information content (AvgIpc) is 2.97. The van der Waals surface area contributed by atoms with Gasteiger partial charge in [-0.3, -0.25) is 4.72 Å². The van der Waals surface area contributed by atoms with E-state index in [1.54, 1.807) is 66.7 Å². The van der Waals surface area contributed by atoms with E-state index in [0.29, 0.717) is 38.9 Å². The molecule has 0 fully saturated rings. The van der Waals surface area contributed by atoms with E-state index in [1.807, 2.05) is 0 Å². The largest absolute Gasteiger partial charge is 0.744 e. The Labute approximate surface area is 257 Å². The van der Waals surface area contributed by atoms with Crippen LogP contribution in [0.4, 0.5) is 21.5 Å². The van der Waals surface area contributed by atoms with Crippen molar-refractivity contribution in [3.8, 4) is 33.9 Å². The lowest BCUT2D eigenvalue weighted by molar-refractivity contribution is -0.405. The van der Waals surface area contributed by atoms with Gasteiger partial charge in [0.15, 0.2) is 11.6 Å². The molecule has 4 aromatic rings. The van der Waals surface area contributed by atoms with E-state index in [0.717, 1.165) is 12.3 Å². The van der Waals surface area contributed by atoms with E-state index in [1.165, 1.54) is 30.3 Å². The van der Waals surface area contributed by atoms with Crippen molar-refractivity contribution in [3.05, 3.63) is 114 Å². The van der Waals surface area contributed by atoms with Crippen LogP contribution in [0.15, 0.2) is 112 Å². The second kappa shape index (κ2) is 11.4. The first-order chi connectivity index (χ1) is 21.4. The monoisotopic (exact) mass is 645 g/mol. The lowest BCUT2D eigenvalue weighted by Crippen LogP contribution is -2.70. The lowest BCUT2D eigenvalue weighted by Gasteiger charge is -2.19. The summed E-state index contributed by atoms with van der Waals surface area (Å²) in [5, 5.41) is 0.990. The molecule has 0 saturated carbocycles. The third-order valence-corrected chi connectivity index (χ3v) is 8.29. The van der Waals surface area contributed by atoms with Gasteiger partial charge in [0.2, 0.25) is 21.1 Å². The van der Waals surface area contributed by atoms with Gasteiger partial charge in [0.25, 0.3) is 0 Å². The van der Waals surface area contributed by atoms with Crippen LogP contribution in [0.2, 0.25) is 0 Å². The summed E-state index contributed by atoms with van der Waals surface area (Å²) in [5.74, 6) is -0.00890. The quantitative estimate of drug-likeness (QED) is 0.131. The first-order valence-electron chi connectivity index (χ1n) is 13.3. The zero-order valence-corrected chi connectivity index (χ0v) is 25.1. The minimum absolute atomic E-state index is 0.109. The number of rotatable bonds is 7. The molecule has 0 atom stereocenters. The Morgan fingerprint density at radius 1 is 0.867 bits per heavy atom. The highest BCUT2D eigenvalue weighted by Gasteiger charge is 2.22. The van der Waals surface area contributed by atoms with Gasteiger partial charge < -0.3 is 19.4 Å². The van der Waals surface area contributed by atoms with Crippen molar-refractivity contribution in [2.75, 3.05) is 16.7 Å². The zero-order chi connectivity index (χ0) is 31.9. The minimum atomic E-state index is -4.81. The molecule has 0 bridgehead atoms. The number of sulfonamides is 1. The number of nitrogens with one attached hydrogen (secondary N) is 2. The Bertz CT molecular complexity index is 2370. The second-order valence-corrected chi connectivity index (χ2v) is 13.2. The number of nitrogens with two attached hydrogens (primary N) is 1. The van der Waals surface area contributed by atoms with Crippen molar-refractivity contribution in [3.63, 3.8) is 0 Å². The van der Waals surface area contributed by atoms with Crippen molar-refractivity contribution in [1.29, 1.82) is 0 Å². The second-order valence-electron chi connectivity index (χ2n) is 10.1. The predicted octanol–water partition coefficient (Wildman–Crippen LogP) is 4.31. The molecule has 0 radical (unpaired) electrons. The maximum absolute atomic E-state index is 15.2. The number of benzene rings is 5. The Balaban J connectivity index is 1.43. The molecule has 228 valence electrons. The molecule has 2 aliphatic rings. The SMILES string of the molecule is CS(=O)(=O)Nc1ccccc1Oc1ccc([NH+]=c2ccc3c(-c4ccccc4S(=O)(=O)[O-])c4ccc(N)cc4oc-3c2)c(F)c1. The molecule has 0 saturated heterocycles. The van der Waals surface area contributed by atoms with Gasteiger partial charge >= 0.3 is 0 Å². The summed E-state index contributed by atoms with van der Waals surface area (Å²) in [6, 6.07) is 26.3. The van der Waals surface area contributed by atoms with E-state index in [4.69, 9.17) is 14.9 Å². The fourth-order valence-electron chi connectivity index (χ4n) is 4.95. The number of hydrogen-bond acceptors (Lipinski definition) is 8. The standard InChI is InChI=1S/C32H24FN3O7S2/c1-44(37,38)36-27-7-3-4-8-28(27)42-21-12-15-26(25(33)18-21)35-20-11-14-23-30(17-20)43-29-16-19(34)10-13-22(29)32(23)24-6-2-5-9-31(24)45(39,40)41/h2-18,36H,34H2,1H3,(H,39,40,41). The Morgan fingerprint density at radius 2 is 1.62 bits per heavy atom. The van der Waals surface area contributed by atoms with Crippen LogP contribution in [0.3, 0.4) is 0 Å². The Kier molecular flexibility index (Phi) is 7.52. The summed E-state index contributed by atoms with van der Waals surface area (Å²) in [6.07, 6.45) is 1.01. The zero-order valence-electron chi connectivity index (χ0n) is 23.4. The first kappa shape index (κ1) is 29.8. The van der Waals surface area contributed by atoms with Gasteiger partial charge in [-0.05, 0) is 42.5 Å². The molecule has 6 rings (SSSR count). The van der Waals surface area contributed by atoms with Crippen LogP contribution in [0.25, 0.3) is 33.4 Å². The summed E-state index contributed by atoms with van der Waals surface area (Å²) < 4.78 is 89.4. The number of ether oxygens (including phenoxy) is 1. The van der Waals surface area contributed by atoms with Crippen LogP contribution in [-0.4, -0.2) is 27.6 Å². The molecule has 45 heavy (non-hydrogen) atoms. The molecular weight excluding hydrogens is 621 g/mol. The summed E-state index contributed by atoms with van der Waals surface area (Å²) in [4.78, 5) is 2.62. The van der Waals surface area contributed by atoms with E-state index < -0.39 is 26.0 Å². The number of anilines is 2. The van der Waals surface area contributed by atoms with Crippen LogP contribution in [-0.2, 0) is 20.1 Å². The number of para-hydroxylation sites is 2. The molecule has 13 heteroatoms. The molecule has 0 unspecified atom stereocenters. The fourth-order valence-corrected chi connectivity index (χ4v) is 6.20. The molecule has 0 amide bonds. The van der Waals surface area contributed by atoms with E-state index in [9.17, 15) is 21.4 Å². The molecule has 1 aliphatic carbocycles. The maximum atomic E-state index is 15.2. The summed E-state index contributed by atoms with van der Waals surface area (Å²) in [7, 11) is -8.38. The van der Waals surface area contributed by atoms with Gasteiger partial charge in [-0.2, -0.15) is 4.39 Å². The third kappa shape index (κ3) is 6.36. The molecular formula is C32H24FN3O7S2. The van der Waals surface area contributed by atoms with Crippen LogP contribution < -0.4 is 25.5 Å². The van der Waals surface area contributed by atoms with E-state index >= 15 is 4.39 Å². The van der Waals surface area contributed by atoms with Crippen LogP contribution in [0.1, 0.15) is 0 Å². The molecule has 0 aromatic heterocycles. The lowest BCUT2D eigenvalue weighted by atomic mass is 9.93. The first-order valence-corrected chi connectivity index (χ1v) is 16.6. The van der Waals surface area contributed by atoms with Crippen LogP contribution in [0, 0.1) is 5.82 Å². The van der Waals surface area contributed by atoms with Crippen molar-refractivity contribution >= 4 is 48.2 Å². The van der Waals surface area contributed by atoms with Crippen LogP contribution >= 0.6 is 0 Å². The number of hydrogen-bond donors (Lipinski definition) is 3. The highest BCUT2D eigenvalue weighted by atomic mass is 32.2. The number of fused-ring (bicyclic) bond motifs is 2. The average molecular weight is 646 g/mol. The highest BCUT2D eigenvalue weighted by Crippen LogP contribution is 2.42. The van der Waals surface area contributed by atoms with Gasteiger partial charge in [0.05, 0.1) is 22.9 Å². The number of halogens is 1. The molecule has 4 aromatic carbocycles. The topological polar surface area (TPSA) is 166 Å². The van der Waals surface area contributed by atoms with Crippen molar-refractivity contribution in [2.45, 2.75) is 4.90 Å². The summed E-state index contributed by atoms with van der Waals surface area (Å²) in [5.41, 5.74) is 8.26. The molecule has 10 nitrogen and oxygen atoms in total. The van der Waals surface area contributed by atoms with Gasteiger partial charge in [-0.15, -0.1) is 0 Å². The van der Waals surface area contributed by atoms with Crippen molar-refractivity contribution < 1.29 is 39.9 Å². The fraction of sp³-hybridized carbons (Fsp3) is 0.0312. The van der Waals surface area contributed by atoms with E-state index in [2.05, 4.69) is 9.71 Å². The highest BCUT2D eigenvalue weighted by molar-refractivity contribution is 7.92. The Hall–Kier alpha value is -5.24. The Morgan fingerprint density at radius 3 is 2.38 bits per heavy atom. The van der Waals surface area contributed by atoms with Gasteiger partial charge in [-0.25, -0.2) is 21.8 Å². The van der Waals surface area contributed by atoms with E-state index in [-0.39, 0.29) is 33.3 Å². The predicted molar refractivity (Wildman–Crippen MR) is 166 cm³/mol. The molecule has 1 aliphatic heterocycles. The van der Waals surface area contributed by atoms with Crippen molar-refractivity contribution in [2.24, 2.45) is 0 Å². The van der Waals surface area contributed by atoms with Crippen LogP contribution in [0.5, 0.6) is 11.5 Å². The molecule has 0 spiro atoms. The maximum Gasteiger partial charge on any atom is 0.240 e. The third-order valence-electron chi connectivity index (χ3n) is 6.80. The van der Waals surface area contributed by atoms with Crippen molar-refractivity contribution in [1.82, 2.24) is 0 Å². The normalized spacial score (nSPS) is 12.5. The summed E-state index contributed by atoms with van der Waals surface area (Å²) in [6.45, 7) is 0. The smallest absolute Gasteiger partial charge is 0.240 e. The molecule has 1 heterocycles. The number of nitrogen functional groups attached to an aromatic ring is 1. The minimum Gasteiger partial charge on any atom is -0.744 e. The van der Waals surface area contributed by atoms with Gasteiger partial charge in [0, 0.05) is 52.0 Å². The summed E-state index contributed by atoms with van der Waals surface area (Å²) >= 11 is 0. The van der Waals surface area contributed by atoms with Gasteiger partial charge in [-0.1, -0.05) is 30.3 Å².